The lowest BCUT2D eigenvalue weighted by atomic mass is 9.47. The van der Waals surface area contributed by atoms with Gasteiger partial charge in [-0.05, 0) is 67.6 Å². The first-order chi connectivity index (χ1) is 14.0. The number of carbonyl (C=O) groups excluding carboxylic acids is 1. The third-order valence-corrected chi connectivity index (χ3v) is 10.1. The van der Waals surface area contributed by atoms with Crippen LogP contribution in [0.15, 0.2) is 11.6 Å². The molecule has 5 aliphatic carbocycles. The van der Waals surface area contributed by atoms with Crippen LogP contribution in [0.2, 0.25) is 0 Å². The minimum atomic E-state index is -0.318. The van der Waals surface area contributed by atoms with Crippen molar-refractivity contribution in [3.63, 3.8) is 0 Å². The van der Waals surface area contributed by atoms with Gasteiger partial charge in [-0.2, -0.15) is 0 Å². The SMILES string of the molecule is CC.CC12CCC3C(CC=C4CC5(CC[C@@]43C)OCCO5)C1[C@H]1CCC[C@H]1C2=O. The predicted octanol–water partition coefficient (Wildman–Crippen LogP) is 5.92. The molecule has 0 amide bonds. The molecule has 1 saturated heterocycles. The van der Waals surface area contributed by atoms with Crippen LogP contribution in [-0.4, -0.2) is 24.8 Å². The minimum Gasteiger partial charge on any atom is -0.347 e. The Morgan fingerprint density at radius 3 is 2.45 bits per heavy atom. The van der Waals surface area contributed by atoms with Gasteiger partial charge in [0, 0.05) is 24.2 Å². The van der Waals surface area contributed by atoms with Gasteiger partial charge in [-0.15, -0.1) is 0 Å². The average molecular weight is 401 g/mol. The van der Waals surface area contributed by atoms with Crippen LogP contribution in [0.1, 0.15) is 85.5 Å². The molecule has 0 bridgehead atoms. The van der Waals surface area contributed by atoms with Gasteiger partial charge in [-0.3, -0.25) is 4.79 Å². The van der Waals surface area contributed by atoms with Crippen molar-refractivity contribution in [2.75, 3.05) is 13.2 Å². The van der Waals surface area contributed by atoms with Gasteiger partial charge >= 0.3 is 0 Å². The molecule has 1 spiro atoms. The summed E-state index contributed by atoms with van der Waals surface area (Å²) in [5.74, 6) is 3.51. The van der Waals surface area contributed by atoms with Crippen molar-refractivity contribution in [3.05, 3.63) is 11.6 Å². The molecule has 0 aromatic rings. The van der Waals surface area contributed by atoms with E-state index in [1.807, 2.05) is 13.8 Å². The molecule has 3 heteroatoms. The number of ether oxygens (including phenoxy) is 2. The summed E-state index contributed by atoms with van der Waals surface area (Å²) in [6, 6.07) is 0. The van der Waals surface area contributed by atoms with Crippen LogP contribution < -0.4 is 0 Å². The monoisotopic (exact) mass is 400 g/mol. The first kappa shape index (κ1) is 20.2. The Bertz CT molecular complexity index is 705. The summed E-state index contributed by atoms with van der Waals surface area (Å²) in [7, 11) is 0. The van der Waals surface area contributed by atoms with Gasteiger partial charge in [-0.25, -0.2) is 0 Å². The normalized spacial score (nSPS) is 49.4. The van der Waals surface area contributed by atoms with Crippen LogP contribution in [-0.2, 0) is 14.3 Å². The standard InChI is InChI=1S/C24H34O3.C2H6/c1-22-10-11-24(26-12-13-27-24)14-15(22)6-7-18-19(22)8-9-23(2)20(18)16-4-3-5-17(16)21(23)25;1-2/h6,16-20H,3-5,7-14H2,1-2H3;1-2H3/t16-,17+,18?,19?,20?,22-,23?;/m0./s1. The summed E-state index contributed by atoms with van der Waals surface area (Å²) in [6.45, 7) is 10.4. The Hall–Kier alpha value is -0.670. The summed E-state index contributed by atoms with van der Waals surface area (Å²) in [5.41, 5.74) is 1.88. The number of rotatable bonds is 0. The van der Waals surface area contributed by atoms with E-state index < -0.39 is 0 Å². The Kier molecular flexibility index (Phi) is 4.83. The molecular weight excluding hydrogens is 360 g/mol. The molecule has 3 nitrogen and oxygen atoms in total. The van der Waals surface area contributed by atoms with Gasteiger partial charge in [0.2, 0.25) is 0 Å². The number of hydrogen-bond donors (Lipinski definition) is 0. The Labute approximate surface area is 177 Å². The van der Waals surface area contributed by atoms with Crippen molar-refractivity contribution in [2.45, 2.75) is 91.3 Å². The smallest absolute Gasteiger partial charge is 0.172 e. The van der Waals surface area contributed by atoms with Crippen LogP contribution in [0.5, 0.6) is 0 Å². The van der Waals surface area contributed by atoms with E-state index in [2.05, 4.69) is 19.9 Å². The summed E-state index contributed by atoms with van der Waals surface area (Å²) < 4.78 is 12.1. The lowest BCUT2D eigenvalue weighted by Crippen LogP contribution is -2.53. The lowest BCUT2D eigenvalue weighted by Gasteiger charge is -2.58. The molecule has 29 heavy (non-hydrogen) atoms. The molecule has 162 valence electrons. The second kappa shape index (κ2) is 6.92. The fourth-order valence-electron chi connectivity index (χ4n) is 8.85. The highest BCUT2D eigenvalue weighted by molar-refractivity contribution is 5.90. The average Bonchev–Trinajstić information content (AvgIpc) is 3.43. The maximum Gasteiger partial charge on any atom is 0.172 e. The van der Waals surface area contributed by atoms with Crippen LogP contribution >= 0.6 is 0 Å². The lowest BCUT2D eigenvalue weighted by molar-refractivity contribution is -0.185. The summed E-state index contributed by atoms with van der Waals surface area (Å²) in [5, 5.41) is 0. The molecule has 0 radical (unpaired) electrons. The number of Topliss-reactive ketones (excluding diaryl/α,β-unsaturated/α-hetero) is 1. The van der Waals surface area contributed by atoms with Gasteiger partial charge < -0.3 is 9.47 Å². The molecule has 6 rings (SSSR count). The van der Waals surface area contributed by atoms with Crippen LogP contribution in [0.3, 0.4) is 0 Å². The second-order valence-electron chi connectivity index (χ2n) is 11.0. The van der Waals surface area contributed by atoms with Crippen LogP contribution in [0.25, 0.3) is 0 Å². The van der Waals surface area contributed by atoms with Gasteiger partial charge in [0.1, 0.15) is 5.78 Å². The minimum absolute atomic E-state index is 0.0216. The number of hydrogen-bond acceptors (Lipinski definition) is 3. The van der Waals surface area contributed by atoms with Crippen molar-refractivity contribution in [3.8, 4) is 0 Å². The van der Waals surface area contributed by atoms with Gasteiger partial charge in [-0.1, -0.05) is 45.8 Å². The molecule has 4 saturated carbocycles. The van der Waals surface area contributed by atoms with E-state index in [1.165, 1.54) is 38.5 Å². The van der Waals surface area contributed by atoms with Crippen molar-refractivity contribution < 1.29 is 14.3 Å². The molecular formula is C26H40O3. The van der Waals surface area contributed by atoms with E-state index in [1.54, 1.807) is 5.57 Å². The maximum atomic E-state index is 13.3. The van der Waals surface area contributed by atoms with Gasteiger partial charge in [0.25, 0.3) is 0 Å². The molecule has 0 aromatic heterocycles. The zero-order valence-electron chi connectivity index (χ0n) is 19.0. The van der Waals surface area contributed by atoms with E-state index in [0.29, 0.717) is 34.9 Å². The predicted molar refractivity (Wildman–Crippen MR) is 114 cm³/mol. The van der Waals surface area contributed by atoms with Gasteiger partial charge in [0.05, 0.1) is 13.2 Å². The van der Waals surface area contributed by atoms with E-state index in [0.717, 1.165) is 38.4 Å². The highest BCUT2D eigenvalue weighted by Crippen LogP contribution is 2.68. The van der Waals surface area contributed by atoms with E-state index in [9.17, 15) is 4.79 Å². The van der Waals surface area contributed by atoms with Gasteiger partial charge in [0.15, 0.2) is 5.79 Å². The number of ketones is 1. The zero-order chi connectivity index (χ0) is 20.4. The number of fused-ring (bicyclic) bond motifs is 7. The largest absolute Gasteiger partial charge is 0.347 e. The Balaban J connectivity index is 0.000000882. The first-order valence-corrected chi connectivity index (χ1v) is 12.5. The quantitative estimate of drug-likeness (QED) is 0.473. The Morgan fingerprint density at radius 1 is 0.931 bits per heavy atom. The van der Waals surface area contributed by atoms with E-state index in [-0.39, 0.29) is 11.2 Å². The highest BCUT2D eigenvalue weighted by Gasteiger charge is 2.65. The molecule has 0 aromatic carbocycles. The van der Waals surface area contributed by atoms with Crippen LogP contribution in [0, 0.1) is 40.4 Å². The Morgan fingerprint density at radius 2 is 1.69 bits per heavy atom. The van der Waals surface area contributed by atoms with E-state index in [4.69, 9.17) is 9.47 Å². The molecule has 7 atom stereocenters. The highest BCUT2D eigenvalue weighted by atomic mass is 16.7. The molecule has 1 aliphatic heterocycles. The van der Waals surface area contributed by atoms with Crippen molar-refractivity contribution in [1.29, 1.82) is 0 Å². The topological polar surface area (TPSA) is 35.5 Å². The first-order valence-electron chi connectivity index (χ1n) is 12.5. The second-order valence-corrected chi connectivity index (χ2v) is 11.0. The molecule has 1 heterocycles. The molecule has 0 N–H and O–H groups in total. The molecule has 6 aliphatic rings. The van der Waals surface area contributed by atoms with Crippen LogP contribution in [0.4, 0.5) is 0 Å². The fraction of sp³-hybridized carbons (Fsp3) is 0.885. The molecule has 5 fully saturated rings. The number of carbonyl (C=O) groups is 1. The summed E-state index contributed by atoms with van der Waals surface area (Å²) in [4.78, 5) is 13.3. The fourth-order valence-corrected chi connectivity index (χ4v) is 8.85. The third-order valence-electron chi connectivity index (χ3n) is 10.1. The third kappa shape index (κ3) is 2.65. The van der Waals surface area contributed by atoms with E-state index >= 15 is 0 Å². The summed E-state index contributed by atoms with van der Waals surface area (Å²) >= 11 is 0. The summed E-state index contributed by atoms with van der Waals surface area (Å²) in [6.07, 6.45) is 13.1. The maximum absolute atomic E-state index is 13.3. The number of allylic oxidation sites excluding steroid dienone is 1. The molecule has 4 unspecified atom stereocenters. The van der Waals surface area contributed by atoms with Crippen molar-refractivity contribution in [1.82, 2.24) is 0 Å². The van der Waals surface area contributed by atoms with Crippen molar-refractivity contribution in [2.24, 2.45) is 40.4 Å². The zero-order valence-corrected chi connectivity index (χ0v) is 19.0. The van der Waals surface area contributed by atoms with Crippen molar-refractivity contribution >= 4 is 5.78 Å².